The molecule has 0 saturated carbocycles. The molecule has 0 amide bonds. The quantitative estimate of drug-likeness (QED) is 0.369. The molecule has 0 aliphatic heterocycles. The van der Waals surface area contributed by atoms with Crippen molar-refractivity contribution < 1.29 is 10.0 Å². The molecule has 0 unspecified atom stereocenters. The molecule has 26 heavy (non-hydrogen) atoms. The lowest BCUT2D eigenvalue weighted by Crippen LogP contribution is -2.00. The van der Waals surface area contributed by atoms with Crippen LogP contribution < -0.4 is 0 Å². The highest BCUT2D eigenvalue weighted by Gasteiger charge is 2.13. The first-order chi connectivity index (χ1) is 12.3. The van der Waals surface area contributed by atoms with Crippen LogP contribution in [0.5, 0.6) is 5.75 Å². The van der Waals surface area contributed by atoms with E-state index in [0.717, 1.165) is 24.0 Å². The van der Waals surface area contributed by atoms with Gasteiger partial charge in [0.15, 0.2) is 0 Å². The van der Waals surface area contributed by atoms with Gasteiger partial charge in [0, 0.05) is 12.1 Å². The Balaban J connectivity index is 2.33. The number of nitro benzene ring substituents is 1. The Morgan fingerprint density at radius 1 is 0.923 bits per heavy atom. The maximum Gasteiger partial charge on any atom is 0.269 e. The van der Waals surface area contributed by atoms with Crippen molar-refractivity contribution in [2.24, 2.45) is 22.1 Å². The zero-order chi connectivity index (χ0) is 19.3. The van der Waals surface area contributed by atoms with Gasteiger partial charge in [-0.25, -0.2) is 0 Å². The van der Waals surface area contributed by atoms with Crippen molar-refractivity contribution in [1.82, 2.24) is 0 Å². The maximum atomic E-state index is 10.7. The second-order valence-electron chi connectivity index (χ2n) is 7.28. The zero-order valence-electron chi connectivity index (χ0n) is 15.6. The molecule has 0 heterocycles. The molecule has 0 aromatic heterocycles. The SMILES string of the molecule is CC(C)Cc1cc(N=Nc2ccc([N+](=O)[O-])cc2)cc(CC(C)C)c1O. The number of aromatic hydroxyl groups is 1. The summed E-state index contributed by atoms with van der Waals surface area (Å²) in [6.07, 6.45) is 1.52. The van der Waals surface area contributed by atoms with Crippen molar-refractivity contribution in [1.29, 1.82) is 0 Å². The molecule has 1 N–H and O–H groups in total. The minimum Gasteiger partial charge on any atom is -0.507 e. The van der Waals surface area contributed by atoms with Gasteiger partial charge in [-0.3, -0.25) is 10.1 Å². The third-order valence-electron chi connectivity index (χ3n) is 3.85. The average Bonchev–Trinajstić information content (AvgIpc) is 2.56. The minimum absolute atomic E-state index is 0.0204. The number of benzene rings is 2. The van der Waals surface area contributed by atoms with E-state index < -0.39 is 4.92 Å². The summed E-state index contributed by atoms with van der Waals surface area (Å²) in [7, 11) is 0. The highest BCUT2D eigenvalue weighted by molar-refractivity contribution is 5.53. The summed E-state index contributed by atoms with van der Waals surface area (Å²) in [6.45, 7) is 8.42. The zero-order valence-corrected chi connectivity index (χ0v) is 15.6. The third kappa shape index (κ3) is 5.37. The molecule has 0 saturated heterocycles. The number of hydrogen-bond acceptors (Lipinski definition) is 5. The molecule has 0 aliphatic carbocycles. The van der Waals surface area contributed by atoms with Crippen LogP contribution in [0.15, 0.2) is 46.6 Å². The smallest absolute Gasteiger partial charge is 0.269 e. The number of non-ortho nitro benzene ring substituents is 1. The molecule has 2 rings (SSSR count). The first kappa shape index (κ1) is 19.6. The van der Waals surface area contributed by atoms with Gasteiger partial charge in [-0.1, -0.05) is 27.7 Å². The fraction of sp³-hybridized carbons (Fsp3) is 0.400. The fourth-order valence-corrected chi connectivity index (χ4v) is 2.75. The van der Waals surface area contributed by atoms with Crippen molar-refractivity contribution in [3.05, 3.63) is 57.6 Å². The van der Waals surface area contributed by atoms with Crippen molar-refractivity contribution in [3.8, 4) is 5.75 Å². The Morgan fingerprint density at radius 3 is 1.81 bits per heavy atom. The Hall–Kier alpha value is -2.76. The van der Waals surface area contributed by atoms with Crippen LogP contribution >= 0.6 is 0 Å². The lowest BCUT2D eigenvalue weighted by Gasteiger charge is -2.14. The highest BCUT2D eigenvalue weighted by atomic mass is 16.6. The molecule has 6 nitrogen and oxygen atoms in total. The molecular formula is C20H25N3O3. The van der Waals surface area contributed by atoms with Crippen LogP contribution in [-0.2, 0) is 12.8 Å². The first-order valence-electron chi connectivity index (χ1n) is 8.77. The van der Waals surface area contributed by atoms with Crippen LogP contribution in [0.2, 0.25) is 0 Å². The second-order valence-corrected chi connectivity index (χ2v) is 7.28. The average molecular weight is 355 g/mol. The first-order valence-corrected chi connectivity index (χ1v) is 8.77. The fourth-order valence-electron chi connectivity index (χ4n) is 2.75. The number of rotatable bonds is 7. The van der Waals surface area contributed by atoms with E-state index in [1.807, 2.05) is 12.1 Å². The van der Waals surface area contributed by atoms with Gasteiger partial charge in [-0.15, -0.1) is 0 Å². The standard InChI is InChI=1S/C20H25N3O3/c1-13(2)9-15-11-18(12-16(20(15)24)10-14(3)4)22-21-17-5-7-19(8-6-17)23(25)26/h5-8,11-14,24H,9-10H2,1-4H3. The Morgan fingerprint density at radius 2 is 1.38 bits per heavy atom. The van der Waals surface area contributed by atoms with Crippen LogP contribution in [0, 0.1) is 22.0 Å². The molecule has 0 fully saturated rings. The van der Waals surface area contributed by atoms with Crippen LogP contribution in [0.1, 0.15) is 38.8 Å². The second kappa shape index (κ2) is 8.56. The van der Waals surface area contributed by atoms with E-state index >= 15 is 0 Å². The summed E-state index contributed by atoms with van der Waals surface area (Å²) in [5.74, 6) is 1.17. The van der Waals surface area contributed by atoms with E-state index in [4.69, 9.17) is 0 Å². The largest absolute Gasteiger partial charge is 0.507 e. The van der Waals surface area contributed by atoms with E-state index in [1.54, 1.807) is 12.1 Å². The molecule has 6 heteroatoms. The number of nitrogens with zero attached hydrogens (tertiary/aromatic N) is 3. The summed E-state index contributed by atoms with van der Waals surface area (Å²) in [5, 5.41) is 29.7. The molecule has 0 spiro atoms. The Labute approximate surface area is 153 Å². The normalized spacial score (nSPS) is 11.6. The minimum atomic E-state index is -0.447. The van der Waals surface area contributed by atoms with E-state index in [1.165, 1.54) is 12.1 Å². The van der Waals surface area contributed by atoms with Crippen LogP contribution in [0.3, 0.4) is 0 Å². The van der Waals surface area contributed by atoms with Crippen molar-refractivity contribution in [2.75, 3.05) is 0 Å². The van der Waals surface area contributed by atoms with Gasteiger partial charge in [0.2, 0.25) is 0 Å². The predicted molar refractivity (Wildman–Crippen MR) is 102 cm³/mol. The summed E-state index contributed by atoms with van der Waals surface area (Å²) in [6, 6.07) is 9.64. The van der Waals surface area contributed by atoms with E-state index in [0.29, 0.717) is 29.0 Å². The van der Waals surface area contributed by atoms with Crippen LogP contribution in [-0.4, -0.2) is 10.0 Å². The van der Waals surface area contributed by atoms with E-state index in [-0.39, 0.29) is 5.69 Å². The number of nitro groups is 1. The van der Waals surface area contributed by atoms with Gasteiger partial charge in [0.25, 0.3) is 5.69 Å². The highest BCUT2D eigenvalue weighted by Crippen LogP contribution is 2.33. The Bertz CT molecular complexity index is 765. The topological polar surface area (TPSA) is 88.1 Å². The van der Waals surface area contributed by atoms with Crippen molar-refractivity contribution in [3.63, 3.8) is 0 Å². The monoisotopic (exact) mass is 355 g/mol. The molecule has 2 aromatic rings. The van der Waals surface area contributed by atoms with Gasteiger partial charge in [-0.2, -0.15) is 10.2 Å². The maximum absolute atomic E-state index is 10.7. The molecule has 0 radical (unpaired) electrons. The molecule has 0 bridgehead atoms. The van der Waals surface area contributed by atoms with Gasteiger partial charge in [0.1, 0.15) is 5.75 Å². The number of azo groups is 1. The molecule has 0 aliphatic rings. The summed E-state index contributed by atoms with van der Waals surface area (Å²) < 4.78 is 0. The predicted octanol–water partition coefficient (Wildman–Crippen LogP) is 6.11. The van der Waals surface area contributed by atoms with Gasteiger partial charge < -0.3 is 5.11 Å². The number of hydrogen-bond donors (Lipinski definition) is 1. The lowest BCUT2D eigenvalue weighted by molar-refractivity contribution is -0.384. The van der Waals surface area contributed by atoms with Gasteiger partial charge in [-0.05, 0) is 60.1 Å². The number of phenolic OH excluding ortho intramolecular Hbond substituents is 1. The van der Waals surface area contributed by atoms with Crippen molar-refractivity contribution in [2.45, 2.75) is 40.5 Å². The lowest BCUT2D eigenvalue weighted by atomic mass is 9.95. The summed E-state index contributed by atoms with van der Waals surface area (Å²) >= 11 is 0. The van der Waals surface area contributed by atoms with Gasteiger partial charge in [0.05, 0.1) is 16.3 Å². The molecule has 138 valence electrons. The van der Waals surface area contributed by atoms with Crippen LogP contribution in [0.4, 0.5) is 17.1 Å². The van der Waals surface area contributed by atoms with E-state index in [9.17, 15) is 15.2 Å². The summed E-state index contributed by atoms with van der Waals surface area (Å²) in [5.41, 5.74) is 2.98. The molecular weight excluding hydrogens is 330 g/mol. The third-order valence-corrected chi connectivity index (χ3v) is 3.85. The van der Waals surface area contributed by atoms with Crippen LogP contribution in [0.25, 0.3) is 0 Å². The number of phenols is 1. The molecule has 2 aromatic carbocycles. The van der Waals surface area contributed by atoms with E-state index in [2.05, 4.69) is 37.9 Å². The van der Waals surface area contributed by atoms with Crippen molar-refractivity contribution >= 4 is 17.1 Å². The Kier molecular flexibility index (Phi) is 6.44. The summed E-state index contributed by atoms with van der Waals surface area (Å²) in [4.78, 5) is 10.3. The molecule has 0 atom stereocenters. The van der Waals surface area contributed by atoms with Gasteiger partial charge >= 0.3 is 0 Å².